The van der Waals surface area contributed by atoms with E-state index in [0.717, 1.165) is 12.8 Å². The maximum atomic E-state index is 11.8. The van der Waals surface area contributed by atoms with Crippen LogP contribution in [0.15, 0.2) is 24.3 Å². The SMILES string of the molecule is CCC(CC)C(=O)NCC(=O)Nc1cccc(C(C)=O)c1. The molecule has 0 radical (unpaired) electrons. The summed E-state index contributed by atoms with van der Waals surface area (Å²) >= 11 is 0. The van der Waals surface area contributed by atoms with E-state index in [1.807, 2.05) is 13.8 Å². The average Bonchev–Trinajstić information content (AvgIpc) is 2.46. The van der Waals surface area contributed by atoms with Gasteiger partial charge in [-0.15, -0.1) is 0 Å². The van der Waals surface area contributed by atoms with Crippen molar-refractivity contribution in [3.05, 3.63) is 29.8 Å². The maximum absolute atomic E-state index is 11.8. The molecule has 5 nitrogen and oxygen atoms in total. The summed E-state index contributed by atoms with van der Waals surface area (Å²) in [7, 11) is 0. The van der Waals surface area contributed by atoms with Gasteiger partial charge in [0, 0.05) is 17.2 Å². The summed E-state index contributed by atoms with van der Waals surface area (Å²) in [5.74, 6) is -0.533. The fraction of sp³-hybridized carbons (Fsp3) is 0.438. The van der Waals surface area contributed by atoms with Crippen molar-refractivity contribution in [2.24, 2.45) is 5.92 Å². The predicted octanol–water partition coefficient (Wildman–Crippen LogP) is 2.38. The molecule has 114 valence electrons. The molecule has 0 aliphatic heterocycles. The Morgan fingerprint density at radius 3 is 2.38 bits per heavy atom. The van der Waals surface area contributed by atoms with E-state index < -0.39 is 0 Å². The zero-order valence-corrected chi connectivity index (χ0v) is 12.7. The minimum Gasteiger partial charge on any atom is -0.347 e. The van der Waals surface area contributed by atoms with Crippen LogP contribution in [-0.2, 0) is 9.59 Å². The van der Waals surface area contributed by atoms with E-state index in [9.17, 15) is 14.4 Å². The molecule has 0 saturated carbocycles. The van der Waals surface area contributed by atoms with Crippen LogP contribution < -0.4 is 10.6 Å². The van der Waals surface area contributed by atoms with E-state index in [-0.39, 0.29) is 30.1 Å². The number of rotatable bonds is 7. The van der Waals surface area contributed by atoms with Crippen LogP contribution in [0.2, 0.25) is 0 Å². The first-order chi connectivity index (χ1) is 9.97. The molecule has 0 aliphatic rings. The first-order valence-corrected chi connectivity index (χ1v) is 7.16. The normalized spacial score (nSPS) is 10.3. The Labute approximate surface area is 125 Å². The van der Waals surface area contributed by atoms with E-state index in [1.165, 1.54) is 6.92 Å². The van der Waals surface area contributed by atoms with Gasteiger partial charge in [0.25, 0.3) is 0 Å². The van der Waals surface area contributed by atoms with Crippen molar-refractivity contribution in [1.82, 2.24) is 5.32 Å². The quantitative estimate of drug-likeness (QED) is 0.757. The minimum atomic E-state index is -0.310. The highest BCUT2D eigenvalue weighted by atomic mass is 16.2. The van der Waals surface area contributed by atoms with Crippen LogP contribution >= 0.6 is 0 Å². The van der Waals surface area contributed by atoms with Crippen molar-refractivity contribution >= 4 is 23.3 Å². The molecule has 1 aromatic rings. The lowest BCUT2D eigenvalue weighted by Gasteiger charge is -2.12. The first kappa shape index (κ1) is 16.9. The van der Waals surface area contributed by atoms with Crippen molar-refractivity contribution in [2.45, 2.75) is 33.6 Å². The molecule has 0 saturated heterocycles. The fourth-order valence-electron chi connectivity index (χ4n) is 1.99. The summed E-state index contributed by atoms with van der Waals surface area (Å²) in [4.78, 5) is 34.8. The van der Waals surface area contributed by atoms with Gasteiger partial charge in [-0.05, 0) is 31.9 Å². The molecule has 0 heterocycles. The second-order valence-electron chi connectivity index (χ2n) is 4.92. The second kappa shape index (κ2) is 8.19. The van der Waals surface area contributed by atoms with Crippen molar-refractivity contribution < 1.29 is 14.4 Å². The molecule has 0 aliphatic carbocycles. The lowest BCUT2D eigenvalue weighted by molar-refractivity contribution is -0.127. The minimum absolute atomic E-state index is 0.0566. The van der Waals surface area contributed by atoms with Crippen LogP contribution in [0.3, 0.4) is 0 Å². The van der Waals surface area contributed by atoms with Crippen molar-refractivity contribution in [1.29, 1.82) is 0 Å². The Hall–Kier alpha value is -2.17. The van der Waals surface area contributed by atoms with Gasteiger partial charge in [-0.3, -0.25) is 14.4 Å². The molecule has 1 aromatic carbocycles. The summed E-state index contributed by atoms with van der Waals surface area (Å²) in [5.41, 5.74) is 1.08. The third-order valence-corrected chi connectivity index (χ3v) is 3.33. The molecular formula is C16H22N2O3. The van der Waals surface area contributed by atoms with Gasteiger partial charge in [0.2, 0.25) is 11.8 Å². The Kier molecular flexibility index (Phi) is 6.59. The molecule has 0 atom stereocenters. The van der Waals surface area contributed by atoms with Gasteiger partial charge in [-0.25, -0.2) is 0 Å². The highest BCUT2D eigenvalue weighted by Crippen LogP contribution is 2.11. The van der Waals surface area contributed by atoms with Crippen molar-refractivity contribution in [3.8, 4) is 0 Å². The molecular weight excluding hydrogens is 268 g/mol. The van der Waals surface area contributed by atoms with Gasteiger partial charge in [0.1, 0.15) is 0 Å². The van der Waals surface area contributed by atoms with Gasteiger partial charge < -0.3 is 10.6 Å². The van der Waals surface area contributed by atoms with E-state index in [0.29, 0.717) is 11.3 Å². The zero-order valence-electron chi connectivity index (χ0n) is 12.7. The van der Waals surface area contributed by atoms with E-state index >= 15 is 0 Å². The molecule has 0 fully saturated rings. The number of nitrogens with one attached hydrogen (secondary N) is 2. The van der Waals surface area contributed by atoms with Crippen LogP contribution in [0.1, 0.15) is 44.0 Å². The van der Waals surface area contributed by atoms with Crippen molar-refractivity contribution in [3.63, 3.8) is 0 Å². The Morgan fingerprint density at radius 1 is 1.14 bits per heavy atom. The largest absolute Gasteiger partial charge is 0.347 e. The zero-order chi connectivity index (χ0) is 15.8. The topological polar surface area (TPSA) is 75.3 Å². The molecule has 0 unspecified atom stereocenters. The number of Topliss-reactive ketones (excluding diaryl/α,β-unsaturated/α-hetero) is 1. The number of ketones is 1. The third-order valence-electron chi connectivity index (χ3n) is 3.33. The maximum Gasteiger partial charge on any atom is 0.243 e. The molecule has 2 amide bonds. The molecule has 2 N–H and O–H groups in total. The molecule has 21 heavy (non-hydrogen) atoms. The number of anilines is 1. The van der Waals surface area contributed by atoms with Gasteiger partial charge >= 0.3 is 0 Å². The Bertz CT molecular complexity index is 522. The van der Waals surface area contributed by atoms with E-state index in [2.05, 4.69) is 10.6 Å². The summed E-state index contributed by atoms with van der Waals surface area (Å²) in [6, 6.07) is 6.71. The van der Waals surface area contributed by atoms with Gasteiger partial charge in [0.05, 0.1) is 6.54 Å². The number of benzene rings is 1. The monoisotopic (exact) mass is 290 g/mol. The van der Waals surface area contributed by atoms with E-state index in [1.54, 1.807) is 24.3 Å². The van der Waals surface area contributed by atoms with E-state index in [4.69, 9.17) is 0 Å². The van der Waals surface area contributed by atoms with Crippen LogP contribution in [0.25, 0.3) is 0 Å². The lowest BCUT2D eigenvalue weighted by atomic mass is 10.0. The average molecular weight is 290 g/mol. The van der Waals surface area contributed by atoms with Gasteiger partial charge in [0.15, 0.2) is 5.78 Å². The molecule has 5 heteroatoms. The van der Waals surface area contributed by atoms with Crippen LogP contribution in [0, 0.1) is 5.92 Å². The van der Waals surface area contributed by atoms with Crippen LogP contribution in [0.4, 0.5) is 5.69 Å². The first-order valence-electron chi connectivity index (χ1n) is 7.16. The molecule has 0 spiro atoms. The molecule has 1 rings (SSSR count). The Balaban J connectivity index is 2.52. The predicted molar refractivity (Wildman–Crippen MR) is 82.2 cm³/mol. The van der Waals surface area contributed by atoms with Crippen LogP contribution in [0.5, 0.6) is 0 Å². The fourth-order valence-corrected chi connectivity index (χ4v) is 1.99. The van der Waals surface area contributed by atoms with Gasteiger partial charge in [-0.2, -0.15) is 0 Å². The van der Waals surface area contributed by atoms with Gasteiger partial charge in [-0.1, -0.05) is 26.0 Å². The number of hydrogen-bond donors (Lipinski definition) is 2. The highest BCUT2D eigenvalue weighted by molar-refractivity contribution is 5.98. The smallest absolute Gasteiger partial charge is 0.243 e. The lowest BCUT2D eigenvalue weighted by Crippen LogP contribution is -2.36. The summed E-state index contributed by atoms with van der Waals surface area (Å²) in [6.07, 6.45) is 1.51. The standard InChI is InChI=1S/C16H22N2O3/c1-4-12(5-2)16(21)17-10-15(20)18-14-8-6-7-13(9-14)11(3)19/h6-9,12H,4-5,10H2,1-3H3,(H,17,21)(H,18,20). The second-order valence-corrected chi connectivity index (χ2v) is 4.92. The van der Waals surface area contributed by atoms with Crippen molar-refractivity contribution in [2.75, 3.05) is 11.9 Å². The molecule has 0 bridgehead atoms. The highest BCUT2D eigenvalue weighted by Gasteiger charge is 2.14. The number of hydrogen-bond acceptors (Lipinski definition) is 3. The number of amides is 2. The number of carbonyl (C=O) groups is 3. The van der Waals surface area contributed by atoms with Crippen LogP contribution in [-0.4, -0.2) is 24.1 Å². The number of carbonyl (C=O) groups excluding carboxylic acids is 3. The Morgan fingerprint density at radius 2 is 1.81 bits per heavy atom. The summed E-state index contributed by atoms with van der Waals surface area (Å²) in [6.45, 7) is 5.29. The summed E-state index contributed by atoms with van der Waals surface area (Å²) in [5, 5.41) is 5.29. The summed E-state index contributed by atoms with van der Waals surface area (Å²) < 4.78 is 0. The molecule has 0 aromatic heterocycles. The third kappa shape index (κ3) is 5.38.